The average Bonchev–Trinajstić information content (AvgIpc) is 3.15. The van der Waals surface area contributed by atoms with Crippen LogP contribution in [0.25, 0.3) is 0 Å². The highest BCUT2D eigenvalue weighted by Gasteiger charge is 2.34. The molecule has 2 rings (SSSR count). The predicted molar refractivity (Wildman–Crippen MR) is 75.7 cm³/mol. The quantitative estimate of drug-likeness (QED) is 0.424. The number of nitrogens with zero attached hydrogens (tertiary/aromatic N) is 2. The molecule has 9 N–H and O–H groups in total. The van der Waals surface area contributed by atoms with Gasteiger partial charge in [0.15, 0.2) is 5.69 Å². The predicted octanol–water partition coefficient (Wildman–Crippen LogP) is 1.08. The Morgan fingerprint density at radius 1 is 0.963 bits per heavy atom. The number of H-pyrrole nitrogens is 2. The lowest BCUT2D eigenvalue weighted by Gasteiger charge is -1.99. The molecule has 2 aromatic heterocycles. The maximum Gasteiger partial charge on any atom is 0.432 e. The van der Waals surface area contributed by atoms with Gasteiger partial charge in [-0.2, -0.15) is 36.5 Å². The van der Waals surface area contributed by atoms with E-state index in [4.69, 9.17) is 0 Å². The highest BCUT2D eigenvalue weighted by molar-refractivity contribution is 5.90. The second-order valence-corrected chi connectivity index (χ2v) is 4.19. The van der Waals surface area contributed by atoms with Gasteiger partial charge in [-0.05, 0) is 0 Å². The molecule has 0 fully saturated rings. The number of hydrogen-bond acceptors (Lipinski definition) is 6. The topological polar surface area (TPSA) is 193 Å². The Hall–Kier alpha value is -3.14. The summed E-state index contributed by atoms with van der Waals surface area (Å²) in [6.07, 6.45) is -9.06. The fourth-order valence-electron chi connectivity index (χ4n) is 1.27. The van der Waals surface area contributed by atoms with E-state index in [9.17, 15) is 35.9 Å². The summed E-state index contributed by atoms with van der Waals surface area (Å²) in [5, 5.41) is 9.53. The molecule has 0 unspecified atom stereocenters. The number of nitrogens with two attached hydrogens (primary N) is 1. The number of esters is 1. The van der Waals surface area contributed by atoms with Crippen LogP contribution in [0.5, 0.6) is 0 Å². The van der Waals surface area contributed by atoms with Gasteiger partial charge in [0.25, 0.3) is 5.91 Å². The normalized spacial score (nSPS) is 10.6. The lowest BCUT2D eigenvalue weighted by molar-refractivity contribution is -0.142. The Balaban J connectivity index is 0. The van der Waals surface area contributed by atoms with Crippen molar-refractivity contribution in [2.45, 2.75) is 12.4 Å². The van der Waals surface area contributed by atoms with Gasteiger partial charge < -0.3 is 22.1 Å². The van der Waals surface area contributed by atoms with Crippen molar-refractivity contribution < 1.29 is 46.1 Å². The van der Waals surface area contributed by atoms with E-state index >= 15 is 0 Å². The van der Waals surface area contributed by atoms with Crippen molar-refractivity contribution in [3.8, 4) is 0 Å². The minimum atomic E-state index is -4.53. The van der Waals surface area contributed by atoms with Crippen LogP contribution < -0.4 is 11.9 Å². The van der Waals surface area contributed by atoms with E-state index in [2.05, 4.69) is 20.7 Å². The summed E-state index contributed by atoms with van der Waals surface area (Å²) in [4.78, 5) is 21.0. The van der Waals surface area contributed by atoms with Crippen LogP contribution in [0, 0.1) is 0 Å². The molecule has 16 heteroatoms. The maximum atomic E-state index is 11.9. The fourth-order valence-corrected chi connectivity index (χ4v) is 1.27. The number of rotatable bonds is 2. The molecule has 0 bridgehead atoms. The van der Waals surface area contributed by atoms with E-state index in [1.807, 2.05) is 0 Å². The van der Waals surface area contributed by atoms with Crippen LogP contribution in [-0.2, 0) is 17.1 Å². The van der Waals surface area contributed by atoms with Crippen LogP contribution in [-0.4, -0.2) is 44.9 Å². The largest absolute Gasteiger partial charge is 0.464 e. The second-order valence-electron chi connectivity index (χ2n) is 4.19. The molecule has 0 aliphatic heterocycles. The minimum Gasteiger partial charge on any atom is -0.464 e. The fraction of sp³-hybridized carbons (Fsp3) is 0.273. The smallest absolute Gasteiger partial charge is 0.432 e. The third-order valence-corrected chi connectivity index (χ3v) is 2.41. The molecule has 0 aliphatic rings. The first kappa shape index (κ1) is 26.1. The van der Waals surface area contributed by atoms with Crippen molar-refractivity contribution >= 4 is 11.9 Å². The molecule has 2 heterocycles. The number of ether oxygens (including phenoxy) is 1. The Kier molecular flexibility index (Phi) is 9.21. The summed E-state index contributed by atoms with van der Waals surface area (Å²) in [6.45, 7) is 0. The highest BCUT2D eigenvalue weighted by atomic mass is 19.4. The first-order valence-corrected chi connectivity index (χ1v) is 5.99. The Morgan fingerprint density at radius 3 is 1.59 bits per heavy atom. The maximum absolute atomic E-state index is 11.9. The number of amides is 1. The van der Waals surface area contributed by atoms with Crippen molar-refractivity contribution in [3.63, 3.8) is 0 Å². The summed E-state index contributed by atoms with van der Waals surface area (Å²) in [5.41, 5.74) is 1.70. The molecule has 154 valence electrons. The molecule has 0 spiro atoms. The molecule has 0 radical (unpaired) electrons. The van der Waals surface area contributed by atoms with Gasteiger partial charge >= 0.3 is 18.3 Å². The zero-order valence-electron chi connectivity index (χ0n) is 13.3. The molecule has 0 saturated heterocycles. The van der Waals surface area contributed by atoms with E-state index < -0.39 is 47.0 Å². The van der Waals surface area contributed by atoms with Crippen LogP contribution in [0.15, 0.2) is 12.1 Å². The zero-order valence-corrected chi connectivity index (χ0v) is 13.3. The number of aromatic amines is 2. The summed E-state index contributed by atoms with van der Waals surface area (Å²) >= 11 is 0. The summed E-state index contributed by atoms with van der Waals surface area (Å²) < 4.78 is 75.5. The first-order valence-electron chi connectivity index (χ1n) is 5.99. The number of alkyl halides is 6. The number of halogens is 6. The van der Waals surface area contributed by atoms with Gasteiger partial charge in [0.1, 0.15) is 17.1 Å². The molecular weight excluding hydrogens is 394 g/mol. The van der Waals surface area contributed by atoms with Crippen LogP contribution in [0.1, 0.15) is 32.4 Å². The minimum absolute atomic E-state index is 0. The van der Waals surface area contributed by atoms with Crippen LogP contribution in [0.2, 0.25) is 0 Å². The SMILES string of the molecule is COC(=O)c1cc(C(F)(F)F)[nH]n1.N.NC(=O)c1cc(C(F)(F)F)[nH]n1.O. The number of aromatic nitrogens is 4. The molecule has 10 nitrogen and oxygen atoms in total. The lowest BCUT2D eigenvalue weighted by Crippen LogP contribution is -2.11. The van der Waals surface area contributed by atoms with E-state index in [1.54, 1.807) is 10.2 Å². The van der Waals surface area contributed by atoms with Crippen LogP contribution in [0.4, 0.5) is 26.3 Å². The molecule has 0 atom stereocenters. The highest BCUT2D eigenvalue weighted by Crippen LogP contribution is 2.28. The van der Waals surface area contributed by atoms with Gasteiger partial charge in [-0.15, -0.1) is 0 Å². The van der Waals surface area contributed by atoms with Gasteiger partial charge in [-0.25, -0.2) is 4.79 Å². The summed E-state index contributed by atoms with van der Waals surface area (Å²) in [6, 6.07) is 1.15. The van der Waals surface area contributed by atoms with E-state index in [0.717, 1.165) is 7.11 Å². The molecule has 0 aliphatic carbocycles. The van der Waals surface area contributed by atoms with Crippen LogP contribution >= 0.6 is 0 Å². The zero-order chi connectivity index (χ0) is 19.4. The number of primary amides is 1. The van der Waals surface area contributed by atoms with Crippen molar-refractivity contribution in [2.24, 2.45) is 5.73 Å². The van der Waals surface area contributed by atoms with Gasteiger partial charge in [0.05, 0.1) is 7.11 Å². The van der Waals surface area contributed by atoms with E-state index in [0.29, 0.717) is 12.1 Å². The van der Waals surface area contributed by atoms with E-state index in [-0.39, 0.29) is 11.6 Å². The summed E-state index contributed by atoms with van der Waals surface area (Å²) in [5.74, 6) is -1.91. The Bertz CT molecular complexity index is 753. The van der Waals surface area contributed by atoms with E-state index in [1.165, 1.54) is 0 Å². The van der Waals surface area contributed by atoms with Crippen molar-refractivity contribution in [2.75, 3.05) is 7.11 Å². The number of hydrogen-bond donors (Lipinski definition) is 4. The van der Waals surface area contributed by atoms with Gasteiger partial charge in [0, 0.05) is 12.1 Å². The molecule has 0 aromatic carbocycles. The molecule has 1 amide bonds. The molecule has 2 aromatic rings. The molecular formula is C11H14F6N6O4. The van der Waals surface area contributed by atoms with Gasteiger partial charge in [0.2, 0.25) is 0 Å². The Morgan fingerprint density at radius 2 is 1.33 bits per heavy atom. The molecule has 0 saturated carbocycles. The van der Waals surface area contributed by atoms with Crippen LogP contribution in [0.3, 0.4) is 0 Å². The first-order chi connectivity index (χ1) is 11.4. The monoisotopic (exact) mass is 408 g/mol. The van der Waals surface area contributed by atoms with Crippen molar-refractivity contribution in [3.05, 3.63) is 34.9 Å². The standard InChI is InChI=1S/C6H5F3N2O2.C5H4F3N3O.H3N.H2O/c1-13-5(12)3-2-4(11-10-3)6(7,8)9;6-5(7,8)3-1-2(4(9)12)10-11-3;;/h2H,1H3,(H,10,11);1H,(H2,9,12)(H,10,11);1H3;1H2. The Labute approximate surface area is 145 Å². The second kappa shape index (κ2) is 9.53. The molecule has 27 heavy (non-hydrogen) atoms. The number of nitrogens with one attached hydrogen (secondary N) is 2. The summed E-state index contributed by atoms with van der Waals surface area (Å²) in [7, 11) is 1.06. The average molecular weight is 408 g/mol. The van der Waals surface area contributed by atoms with Gasteiger partial charge in [-0.1, -0.05) is 0 Å². The third kappa shape index (κ3) is 7.32. The van der Waals surface area contributed by atoms with Crippen molar-refractivity contribution in [1.29, 1.82) is 0 Å². The van der Waals surface area contributed by atoms with Crippen molar-refractivity contribution in [1.82, 2.24) is 26.5 Å². The van der Waals surface area contributed by atoms with Gasteiger partial charge in [-0.3, -0.25) is 15.0 Å². The third-order valence-electron chi connectivity index (χ3n) is 2.41. The number of methoxy groups -OCH3 is 1. The number of carbonyl (C=O) groups excluding carboxylic acids is 2. The lowest BCUT2D eigenvalue weighted by atomic mass is 10.3. The number of carbonyl (C=O) groups is 2.